The molecule has 0 fully saturated rings. The smallest absolute Gasteiger partial charge is 0.269 e. The van der Waals surface area contributed by atoms with Crippen LogP contribution in [0.2, 0.25) is 0 Å². The third kappa shape index (κ3) is 5.05. The number of H-pyrrole nitrogens is 1. The Morgan fingerprint density at radius 2 is 1.78 bits per heavy atom. The molecule has 0 aliphatic carbocycles. The number of carbonyl (C=O) groups is 1. The fourth-order valence-corrected chi connectivity index (χ4v) is 3.86. The fraction of sp³-hybridized carbons (Fsp3) is 0.0769. The molecule has 5 rings (SSSR count). The Labute approximate surface area is 210 Å². The quantitative estimate of drug-likeness (QED) is 0.240. The number of methoxy groups -OCH3 is 1. The van der Waals surface area contributed by atoms with Gasteiger partial charge in [0.25, 0.3) is 5.69 Å². The Hall–Kier alpha value is -5.32. The average Bonchev–Trinajstić information content (AvgIpc) is 3.56. The number of non-ortho nitro benzene ring substituents is 1. The molecule has 0 aliphatic heterocycles. The number of aromatic amines is 1. The molecular formula is C26H21N7O4. The van der Waals surface area contributed by atoms with Gasteiger partial charge in [0.1, 0.15) is 5.75 Å². The first-order valence-corrected chi connectivity index (χ1v) is 11.3. The summed E-state index contributed by atoms with van der Waals surface area (Å²) < 4.78 is 7.03. The largest absolute Gasteiger partial charge is 0.496 e. The number of nitrogens with zero attached hydrogens (tertiary/aromatic N) is 5. The molecular weight excluding hydrogens is 474 g/mol. The van der Waals surface area contributed by atoms with Gasteiger partial charge in [-0.05, 0) is 36.4 Å². The van der Waals surface area contributed by atoms with Gasteiger partial charge in [-0.3, -0.25) is 25.3 Å². The van der Waals surface area contributed by atoms with Crippen molar-refractivity contribution in [2.45, 2.75) is 6.42 Å². The third-order valence-electron chi connectivity index (χ3n) is 5.61. The predicted molar refractivity (Wildman–Crippen MR) is 136 cm³/mol. The summed E-state index contributed by atoms with van der Waals surface area (Å²) in [6.07, 6.45) is 1.75. The van der Waals surface area contributed by atoms with E-state index in [9.17, 15) is 14.9 Å². The normalized spacial score (nSPS) is 10.7. The maximum absolute atomic E-state index is 13.0. The minimum atomic E-state index is -0.461. The van der Waals surface area contributed by atoms with Crippen molar-refractivity contribution in [2.75, 3.05) is 12.4 Å². The molecule has 3 aromatic carbocycles. The summed E-state index contributed by atoms with van der Waals surface area (Å²) in [4.78, 5) is 27.9. The van der Waals surface area contributed by atoms with Crippen LogP contribution >= 0.6 is 0 Å². The van der Waals surface area contributed by atoms with Gasteiger partial charge in [-0.15, -0.1) is 5.10 Å². The van der Waals surface area contributed by atoms with Gasteiger partial charge in [-0.25, -0.2) is 4.68 Å². The van der Waals surface area contributed by atoms with Crippen molar-refractivity contribution in [1.82, 2.24) is 25.0 Å². The highest BCUT2D eigenvalue weighted by Gasteiger charge is 2.18. The summed E-state index contributed by atoms with van der Waals surface area (Å²) in [5.41, 5.74) is 3.32. The number of nitro groups is 1. The number of carbonyl (C=O) groups excluding carboxylic acids is 1. The molecule has 11 heteroatoms. The maximum Gasteiger partial charge on any atom is 0.269 e. The van der Waals surface area contributed by atoms with E-state index in [0.29, 0.717) is 34.0 Å². The number of amides is 1. The van der Waals surface area contributed by atoms with Crippen LogP contribution in [-0.4, -0.2) is 42.9 Å². The molecule has 0 spiro atoms. The third-order valence-corrected chi connectivity index (χ3v) is 5.61. The van der Waals surface area contributed by atoms with Gasteiger partial charge in [0.2, 0.25) is 11.9 Å². The summed E-state index contributed by atoms with van der Waals surface area (Å²) in [6, 6.07) is 22.8. The van der Waals surface area contributed by atoms with Crippen LogP contribution < -0.4 is 10.1 Å². The van der Waals surface area contributed by atoms with Crippen molar-refractivity contribution in [2.24, 2.45) is 0 Å². The lowest BCUT2D eigenvalue weighted by Gasteiger charge is -2.04. The van der Waals surface area contributed by atoms with Crippen LogP contribution in [0.1, 0.15) is 5.56 Å². The van der Waals surface area contributed by atoms with Gasteiger partial charge in [0.15, 0.2) is 5.82 Å². The minimum Gasteiger partial charge on any atom is -0.496 e. The lowest BCUT2D eigenvalue weighted by molar-refractivity contribution is -0.384. The number of hydrogen-bond donors (Lipinski definition) is 2. The van der Waals surface area contributed by atoms with Gasteiger partial charge in [0, 0.05) is 29.5 Å². The van der Waals surface area contributed by atoms with E-state index in [1.54, 1.807) is 36.2 Å². The van der Waals surface area contributed by atoms with Crippen molar-refractivity contribution in [3.63, 3.8) is 0 Å². The van der Waals surface area contributed by atoms with E-state index >= 15 is 0 Å². The van der Waals surface area contributed by atoms with Gasteiger partial charge in [0.05, 0.1) is 35.4 Å². The summed E-state index contributed by atoms with van der Waals surface area (Å²) in [5.74, 6) is 0.855. The minimum absolute atomic E-state index is 0.0162. The molecule has 184 valence electrons. The molecule has 2 N–H and O–H groups in total. The summed E-state index contributed by atoms with van der Waals surface area (Å²) >= 11 is 0. The Balaban J connectivity index is 1.40. The number of anilines is 1. The molecule has 0 saturated heterocycles. The molecule has 0 radical (unpaired) electrons. The van der Waals surface area contributed by atoms with Crippen molar-refractivity contribution in [3.8, 4) is 34.1 Å². The zero-order chi connectivity index (χ0) is 25.8. The molecule has 0 saturated carbocycles. The first-order valence-electron chi connectivity index (χ1n) is 11.3. The van der Waals surface area contributed by atoms with Gasteiger partial charge in [-0.1, -0.05) is 30.3 Å². The lowest BCUT2D eigenvalue weighted by atomic mass is 10.1. The monoisotopic (exact) mass is 495 g/mol. The van der Waals surface area contributed by atoms with E-state index in [0.717, 1.165) is 5.69 Å². The van der Waals surface area contributed by atoms with Crippen molar-refractivity contribution >= 4 is 17.5 Å². The molecule has 5 aromatic rings. The van der Waals surface area contributed by atoms with Crippen LogP contribution in [0, 0.1) is 10.1 Å². The van der Waals surface area contributed by atoms with Crippen LogP contribution in [0.3, 0.4) is 0 Å². The number of rotatable bonds is 8. The molecule has 0 aliphatic rings. The first kappa shape index (κ1) is 23.4. The van der Waals surface area contributed by atoms with Crippen molar-refractivity contribution < 1.29 is 14.5 Å². The standard InChI is InChI=1S/C26H21N7O4/c1-37-22-10-6-5-9-21(22)25-28-26(30-29-25)27-23(34)15-18-16-32(19-7-3-2-4-8-19)31-24(18)17-11-13-20(14-12-17)33(35)36/h2-14,16H,15H2,1H3,(H2,27,28,29,30,34). The van der Waals surface area contributed by atoms with Crippen LogP contribution in [0.25, 0.3) is 28.3 Å². The molecule has 11 nitrogen and oxygen atoms in total. The Kier molecular flexibility index (Phi) is 6.41. The highest BCUT2D eigenvalue weighted by Crippen LogP contribution is 2.28. The highest BCUT2D eigenvalue weighted by molar-refractivity contribution is 5.92. The Bertz CT molecular complexity index is 1560. The van der Waals surface area contributed by atoms with Crippen LogP contribution in [0.5, 0.6) is 5.75 Å². The SMILES string of the molecule is COc1ccccc1-c1nc(NC(=O)Cc2cn(-c3ccccc3)nc2-c2ccc([N+](=O)[O-])cc2)n[nH]1. The molecule has 0 atom stereocenters. The summed E-state index contributed by atoms with van der Waals surface area (Å²) in [7, 11) is 1.57. The lowest BCUT2D eigenvalue weighted by Crippen LogP contribution is -2.15. The molecule has 2 heterocycles. The predicted octanol–water partition coefficient (Wildman–Crippen LogP) is 4.42. The van der Waals surface area contributed by atoms with E-state index in [4.69, 9.17) is 4.74 Å². The summed E-state index contributed by atoms with van der Waals surface area (Å²) in [6.45, 7) is 0. The number of hydrogen-bond acceptors (Lipinski definition) is 7. The van der Waals surface area contributed by atoms with Crippen LogP contribution in [-0.2, 0) is 11.2 Å². The first-order chi connectivity index (χ1) is 18.0. The summed E-state index contributed by atoms with van der Waals surface area (Å²) in [5, 5.41) is 25.4. The fourth-order valence-electron chi connectivity index (χ4n) is 3.86. The van der Waals surface area contributed by atoms with E-state index < -0.39 is 4.92 Å². The van der Waals surface area contributed by atoms with Crippen molar-refractivity contribution in [3.05, 3.63) is 101 Å². The number of aromatic nitrogens is 5. The van der Waals surface area contributed by atoms with Crippen LogP contribution in [0.15, 0.2) is 85.1 Å². The topological polar surface area (TPSA) is 141 Å². The van der Waals surface area contributed by atoms with Gasteiger partial charge >= 0.3 is 0 Å². The number of nitro benzene ring substituents is 1. The number of benzene rings is 3. The number of ether oxygens (including phenoxy) is 1. The van der Waals surface area contributed by atoms with Crippen molar-refractivity contribution in [1.29, 1.82) is 0 Å². The molecule has 37 heavy (non-hydrogen) atoms. The van der Waals surface area contributed by atoms with E-state index in [1.807, 2.05) is 48.5 Å². The van der Waals surface area contributed by atoms with E-state index in [1.165, 1.54) is 12.1 Å². The molecule has 0 unspecified atom stereocenters. The van der Waals surface area contributed by atoms with Crippen LogP contribution in [0.4, 0.5) is 11.6 Å². The second kappa shape index (κ2) is 10.1. The highest BCUT2D eigenvalue weighted by atomic mass is 16.6. The molecule has 1 amide bonds. The maximum atomic E-state index is 13.0. The molecule has 2 aromatic heterocycles. The number of para-hydroxylation sites is 2. The second-order valence-electron chi connectivity index (χ2n) is 8.02. The Morgan fingerprint density at radius 3 is 2.51 bits per heavy atom. The van der Waals surface area contributed by atoms with E-state index in [2.05, 4.69) is 25.6 Å². The zero-order valence-electron chi connectivity index (χ0n) is 19.7. The van der Waals surface area contributed by atoms with E-state index in [-0.39, 0.29) is 24.0 Å². The van der Waals surface area contributed by atoms with Gasteiger partial charge < -0.3 is 4.74 Å². The zero-order valence-corrected chi connectivity index (χ0v) is 19.7. The van der Waals surface area contributed by atoms with Gasteiger partial charge in [-0.2, -0.15) is 10.1 Å². The Morgan fingerprint density at radius 1 is 1.05 bits per heavy atom. The number of nitrogens with one attached hydrogen (secondary N) is 2. The average molecular weight is 495 g/mol. The molecule has 0 bridgehead atoms. The second-order valence-corrected chi connectivity index (χ2v) is 8.02.